The van der Waals surface area contributed by atoms with Crippen LogP contribution < -0.4 is 10.1 Å². The lowest BCUT2D eigenvalue weighted by Crippen LogP contribution is -2.09. The van der Waals surface area contributed by atoms with Crippen LogP contribution in [0.3, 0.4) is 0 Å². The van der Waals surface area contributed by atoms with E-state index in [0.29, 0.717) is 11.4 Å². The molecule has 0 aliphatic carbocycles. The number of halogens is 2. The van der Waals surface area contributed by atoms with Crippen molar-refractivity contribution in [2.24, 2.45) is 0 Å². The van der Waals surface area contributed by atoms with Crippen molar-refractivity contribution >= 4 is 5.69 Å². The van der Waals surface area contributed by atoms with E-state index in [2.05, 4.69) is 5.32 Å². The summed E-state index contributed by atoms with van der Waals surface area (Å²) in [5.41, 5.74) is 0.649. The fraction of sp³-hybridized carbons (Fsp3) is 0.143. The van der Waals surface area contributed by atoms with Crippen molar-refractivity contribution in [1.29, 1.82) is 0 Å². The van der Waals surface area contributed by atoms with Crippen LogP contribution in [0.2, 0.25) is 0 Å². The van der Waals surface area contributed by atoms with Gasteiger partial charge in [-0.05, 0) is 36.4 Å². The summed E-state index contributed by atoms with van der Waals surface area (Å²) in [6.45, 7) is -0.348. The van der Waals surface area contributed by atoms with Gasteiger partial charge in [-0.15, -0.1) is 0 Å². The van der Waals surface area contributed by atoms with Crippen LogP contribution in [0.5, 0.6) is 11.5 Å². The lowest BCUT2D eigenvalue weighted by molar-refractivity contribution is 0.163. The molecule has 0 spiro atoms. The van der Waals surface area contributed by atoms with Gasteiger partial charge < -0.3 is 10.1 Å². The van der Waals surface area contributed by atoms with Crippen molar-refractivity contribution in [2.45, 2.75) is 6.43 Å². The van der Waals surface area contributed by atoms with Gasteiger partial charge in [0.15, 0.2) is 0 Å². The first-order valence-electron chi connectivity index (χ1n) is 5.59. The van der Waals surface area contributed by atoms with Gasteiger partial charge in [-0.2, -0.15) is 0 Å². The van der Waals surface area contributed by atoms with E-state index in [1.165, 1.54) is 0 Å². The van der Waals surface area contributed by atoms with Crippen LogP contribution in [-0.2, 0) is 0 Å². The van der Waals surface area contributed by atoms with Crippen LogP contribution in [0.15, 0.2) is 54.6 Å². The van der Waals surface area contributed by atoms with Gasteiger partial charge >= 0.3 is 0 Å². The Hall–Kier alpha value is -2.10. The van der Waals surface area contributed by atoms with Crippen molar-refractivity contribution in [2.75, 3.05) is 11.9 Å². The third-order valence-corrected chi connectivity index (χ3v) is 2.29. The minimum absolute atomic E-state index is 0.348. The number of anilines is 1. The third-order valence-electron chi connectivity index (χ3n) is 2.29. The molecule has 0 radical (unpaired) electrons. The smallest absolute Gasteiger partial charge is 0.255 e. The Morgan fingerprint density at radius 2 is 1.50 bits per heavy atom. The zero-order chi connectivity index (χ0) is 12.8. The van der Waals surface area contributed by atoms with Crippen molar-refractivity contribution in [3.05, 3.63) is 54.6 Å². The minimum atomic E-state index is -2.36. The van der Waals surface area contributed by atoms with Crippen molar-refractivity contribution in [3.63, 3.8) is 0 Å². The summed E-state index contributed by atoms with van der Waals surface area (Å²) in [5.74, 6) is 1.41. The zero-order valence-corrected chi connectivity index (χ0v) is 9.64. The number of nitrogens with one attached hydrogen (secondary N) is 1. The molecule has 4 heteroatoms. The lowest BCUT2D eigenvalue weighted by Gasteiger charge is -2.08. The predicted molar refractivity (Wildman–Crippen MR) is 67.5 cm³/mol. The number of ether oxygens (including phenoxy) is 1. The Kier molecular flexibility index (Phi) is 4.12. The first kappa shape index (κ1) is 12.4. The molecule has 0 fully saturated rings. The first-order chi connectivity index (χ1) is 8.74. The van der Waals surface area contributed by atoms with E-state index in [-0.39, 0.29) is 6.54 Å². The Labute approximate surface area is 104 Å². The predicted octanol–water partition coefficient (Wildman–Crippen LogP) is 4.16. The topological polar surface area (TPSA) is 21.3 Å². The molecule has 1 N–H and O–H groups in total. The maximum atomic E-state index is 12.0. The van der Waals surface area contributed by atoms with Gasteiger partial charge in [-0.1, -0.05) is 18.2 Å². The van der Waals surface area contributed by atoms with E-state index in [0.717, 1.165) is 5.75 Å². The molecule has 0 aliphatic heterocycles. The van der Waals surface area contributed by atoms with E-state index < -0.39 is 6.43 Å². The number of alkyl halides is 2. The number of benzene rings is 2. The maximum Gasteiger partial charge on any atom is 0.255 e. The molecule has 0 atom stereocenters. The lowest BCUT2D eigenvalue weighted by atomic mass is 10.3. The molecule has 0 saturated carbocycles. The highest BCUT2D eigenvalue weighted by Gasteiger charge is 2.02. The molecule has 0 aliphatic rings. The highest BCUT2D eigenvalue weighted by atomic mass is 19.3. The van der Waals surface area contributed by atoms with Crippen molar-refractivity contribution in [3.8, 4) is 11.5 Å². The summed E-state index contributed by atoms with van der Waals surface area (Å²) in [7, 11) is 0. The Morgan fingerprint density at radius 3 is 2.11 bits per heavy atom. The normalized spacial score (nSPS) is 10.4. The second-order valence-electron chi connectivity index (χ2n) is 3.71. The number of rotatable bonds is 5. The molecular formula is C14H13F2NO. The van der Waals surface area contributed by atoms with Gasteiger partial charge in [0.05, 0.1) is 6.54 Å². The molecule has 0 aromatic heterocycles. The van der Waals surface area contributed by atoms with Crippen LogP contribution in [0.1, 0.15) is 0 Å². The molecule has 2 aromatic rings. The van der Waals surface area contributed by atoms with Crippen LogP contribution >= 0.6 is 0 Å². The van der Waals surface area contributed by atoms with E-state index in [4.69, 9.17) is 4.74 Å². The summed E-state index contributed by atoms with van der Waals surface area (Å²) in [6.07, 6.45) is -2.36. The SMILES string of the molecule is FC(F)CNc1ccc(Oc2ccccc2)cc1. The summed E-state index contributed by atoms with van der Waals surface area (Å²) in [6, 6.07) is 16.3. The Balaban J connectivity index is 1.95. The number of hydrogen-bond donors (Lipinski definition) is 1. The monoisotopic (exact) mass is 249 g/mol. The third kappa shape index (κ3) is 3.73. The van der Waals surface area contributed by atoms with Crippen LogP contribution in [0.25, 0.3) is 0 Å². The fourth-order valence-electron chi connectivity index (χ4n) is 1.46. The van der Waals surface area contributed by atoms with Crippen molar-refractivity contribution < 1.29 is 13.5 Å². The van der Waals surface area contributed by atoms with Gasteiger partial charge in [0.25, 0.3) is 6.43 Å². The second-order valence-corrected chi connectivity index (χ2v) is 3.71. The molecule has 0 saturated heterocycles. The van der Waals surface area contributed by atoms with Crippen LogP contribution in [0.4, 0.5) is 14.5 Å². The van der Waals surface area contributed by atoms with Gasteiger partial charge in [0.1, 0.15) is 11.5 Å². The Morgan fingerprint density at radius 1 is 0.889 bits per heavy atom. The average Bonchev–Trinajstić information content (AvgIpc) is 2.39. The number of para-hydroxylation sites is 1. The molecule has 94 valence electrons. The molecule has 2 aromatic carbocycles. The average molecular weight is 249 g/mol. The molecule has 2 nitrogen and oxygen atoms in total. The van der Waals surface area contributed by atoms with E-state index in [1.807, 2.05) is 30.3 Å². The molecule has 0 unspecified atom stereocenters. The first-order valence-corrected chi connectivity index (χ1v) is 5.59. The van der Waals surface area contributed by atoms with E-state index in [9.17, 15) is 8.78 Å². The molecule has 2 rings (SSSR count). The standard InChI is InChI=1S/C14H13F2NO/c15-14(16)10-17-11-6-8-13(9-7-11)18-12-4-2-1-3-5-12/h1-9,14,17H,10H2. The number of hydrogen-bond acceptors (Lipinski definition) is 2. The maximum absolute atomic E-state index is 12.0. The molecule has 0 bridgehead atoms. The highest BCUT2D eigenvalue weighted by Crippen LogP contribution is 2.22. The quantitative estimate of drug-likeness (QED) is 0.859. The molecule has 0 amide bonds. The summed E-state index contributed by atoms with van der Waals surface area (Å²) in [5, 5.41) is 2.63. The molecular weight excluding hydrogens is 236 g/mol. The fourth-order valence-corrected chi connectivity index (χ4v) is 1.46. The zero-order valence-electron chi connectivity index (χ0n) is 9.64. The van der Waals surface area contributed by atoms with E-state index >= 15 is 0 Å². The van der Waals surface area contributed by atoms with Gasteiger partial charge in [-0.3, -0.25) is 0 Å². The summed E-state index contributed by atoms with van der Waals surface area (Å²) >= 11 is 0. The summed E-state index contributed by atoms with van der Waals surface area (Å²) in [4.78, 5) is 0. The largest absolute Gasteiger partial charge is 0.457 e. The van der Waals surface area contributed by atoms with Gasteiger partial charge in [0, 0.05) is 5.69 Å². The Bertz CT molecular complexity index is 471. The highest BCUT2D eigenvalue weighted by molar-refractivity contribution is 5.47. The van der Waals surface area contributed by atoms with E-state index in [1.54, 1.807) is 24.3 Å². The van der Waals surface area contributed by atoms with Crippen molar-refractivity contribution in [1.82, 2.24) is 0 Å². The van der Waals surface area contributed by atoms with Crippen LogP contribution in [-0.4, -0.2) is 13.0 Å². The van der Waals surface area contributed by atoms with Gasteiger partial charge in [-0.25, -0.2) is 8.78 Å². The molecule has 0 heterocycles. The van der Waals surface area contributed by atoms with Gasteiger partial charge in [0.2, 0.25) is 0 Å². The second kappa shape index (κ2) is 6.00. The summed E-state index contributed by atoms with van der Waals surface area (Å²) < 4.78 is 29.6. The molecule has 18 heavy (non-hydrogen) atoms. The minimum Gasteiger partial charge on any atom is -0.457 e. The van der Waals surface area contributed by atoms with Crippen LogP contribution in [0, 0.1) is 0 Å².